The summed E-state index contributed by atoms with van der Waals surface area (Å²) in [6.45, 7) is 16.6. The molecule has 10 heteroatoms. The standard InChI is InChI=1S/C37H53ClF3N3O3/c1-25(2)43-20-22-44(23-21-43)32(28-11-9-12-29(38)24-28)18-19-42(7)34(35(45)47-36(4,5)6)31-13-8-10-26(3)33(31)27-14-16-30(17-15-27)46-37(39,40)41/h8-13,24-25,27,30,32,34H,14-23H2,1-7H3/t27?,30?,32-,34?/m0/s1. The third kappa shape index (κ3) is 10.7. The van der Waals surface area contributed by atoms with E-state index in [0.717, 1.165) is 54.9 Å². The molecule has 1 unspecified atom stereocenters. The van der Waals surface area contributed by atoms with Crippen LogP contribution in [-0.2, 0) is 14.3 Å². The first-order valence-electron chi connectivity index (χ1n) is 17.0. The Bertz CT molecular complexity index is 1320. The van der Waals surface area contributed by atoms with Gasteiger partial charge in [0.1, 0.15) is 11.6 Å². The van der Waals surface area contributed by atoms with Gasteiger partial charge in [0.15, 0.2) is 0 Å². The topological polar surface area (TPSA) is 45.2 Å². The molecule has 1 heterocycles. The smallest absolute Gasteiger partial charge is 0.459 e. The lowest BCUT2D eigenvalue weighted by molar-refractivity contribution is -0.345. The number of esters is 1. The maximum absolute atomic E-state index is 14.1. The van der Waals surface area contributed by atoms with Crippen LogP contribution < -0.4 is 0 Å². The van der Waals surface area contributed by atoms with Crippen molar-refractivity contribution in [3.05, 3.63) is 69.7 Å². The molecule has 1 saturated heterocycles. The minimum absolute atomic E-state index is 0.0223. The molecule has 0 bridgehead atoms. The summed E-state index contributed by atoms with van der Waals surface area (Å²) in [7, 11) is 1.97. The minimum atomic E-state index is -4.64. The van der Waals surface area contributed by atoms with Gasteiger partial charge in [0, 0.05) is 49.8 Å². The van der Waals surface area contributed by atoms with Crippen LogP contribution in [0.3, 0.4) is 0 Å². The van der Waals surface area contributed by atoms with Crippen LogP contribution in [0.2, 0.25) is 5.02 Å². The minimum Gasteiger partial charge on any atom is -0.459 e. The Hall–Kier alpha value is -2.17. The number of likely N-dealkylation sites (N-methyl/N-ethyl adjacent to an activating group) is 1. The van der Waals surface area contributed by atoms with Crippen molar-refractivity contribution in [2.75, 3.05) is 39.8 Å². The number of halogens is 4. The highest BCUT2D eigenvalue weighted by molar-refractivity contribution is 6.30. The van der Waals surface area contributed by atoms with Crippen LogP contribution in [0, 0.1) is 6.92 Å². The maximum atomic E-state index is 14.1. The Labute approximate surface area is 284 Å². The summed E-state index contributed by atoms with van der Waals surface area (Å²) in [5, 5.41) is 0.702. The highest BCUT2D eigenvalue weighted by Gasteiger charge is 2.38. The molecule has 1 aliphatic carbocycles. The zero-order valence-corrected chi connectivity index (χ0v) is 29.8. The zero-order valence-electron chi connectivity index (χ0n) is 29.1. The molecule has 262 valence electrons. The normalized spacial score (nSPS) is 21.6. The number of piperazine rings is 1. The molecule has 0 N–H and O–H groups in total. The van der Waals surface area contributed by atoms with E-state index in [1.165, 1.54) is 0 Å². The summed E-state index contributed by atoms with van der Waals surface area (Å²) < 4.78 is 49.2. The molecule has 2 atom stereocenters. The second kappa shape index (κ2) is 16.0. The van der Waals surface area contributed by atoms with E-state index in [1.54, 1.807) is 0 Å². The van der Waals surface area contributed by atoms with Gasteiger partial charge >= 0.3 is 12.3 Å². The van der Waals surface area contributed by atoms with Crippen LogP contribution in [0.25, 0.3) is 0 Å². The SMILES string of the molecule is Cc1cccc(C(C(=O)OC(C)(C)C)N(C)CC[C@@H](c2cccc(Cl)c2)N2CCN(C(C)C)CC2)c1C1CCC(OC(F)(F)F)CC1. The molecule has 4 rings (SSSR count). The Balaban J connectivity index is 1.61. The molecule has 0 spiro atoms. The van der Waals surface area contributed by atoms with Gasteiger partial charge in [0.25, 0.3) is 0 Å². The largest absolute Gasteiger partial charge is 0.522 e. The van der Waals surface area contributed by atoms with E-state index in [-0.39, 0.29) is 17.9 Å². The fourth-order valence-corrected chi connectivity index (χ4v) is 7.55. The maximum Gasteiger partial charge on any atom is 0.522 e. The van der Waals surface area contributed by atoms with Crippen LogP contribution in [0.15, 0.2) is 42.5 Å². The Morgan fingerprint density at radius 1 is 0.979 bits per heavy atom. The van der Waals surface area contributed by atoms with E-state index >= 15 is 0 Å². The van der Waals surface area contributed by atoms with Crippen molar-refractivity contribution < 1.29 is 27.4 Å². The number of benzene rings is 2. The van der Waals surface area contributed by atoms with Crippen LogP contribution in [-0.4, -0.2) is 84.5 Å². The van der Waals surface area contributed by atoms with Gasteiger partial charge in [-0.25, -0.2) is 4.79 Å². The molecule has 0 amide bonds. The Kier molecular flexibility index (Phi) is 12.8. The van der Waals surface area contributed by atoms with Crippen molar-refractivity contribution >= 4 is 17.6 Å². The predicted molar refractivity (Wildman–Crippen MR) is 182 cm³/mol. The van der Waals surface area contributed by atoms with Crippen molar-refractivity contribution in [3.8, 4) is 0 Å². The van der Waals surface area contributed by atoms with Crippen LogP contribution in [0.1, 0.15) is 107 Å². The van der Waals surface area contributed by atoms with Crippen LogP contribution in [0.5, 0.6) is 0 Å². The van der Waals surface area contributed by atoms with E-state index in [4.69, 9.17) is 16.3 Å². The molecule has 2 fully saturated rings. The van der Waals surface area contributed by atoms with Gasteiger partial charge in [-0.1, -0.05) is 41.9 Å². The fourth-order valence-electron chi connectivity index (χ4n) is 7.35. The highest BCUT2D eigenvalue weighted by Crippen LogP contribution is 2.42. The van der Waals surface area contributed by atoms with Crippen molar-refractivity contribution in [2.24, 2.45) is 0 Å². The molecule has 1 saturated carbocycles. The summed E-state index contributed by atoms with van der Waals surface area (Å²) in [4.78, 5) is 21.2. The van der Waals surface area contributed by atoms with Gasteiger partial charge in [-0.2, -0.15) is 0 Å². The zero-order chi connectivity index (χ0) is 34.5. The number of aryl methyl sites for hydroxylation is 1. The number of carbonyl (C=O) groups is 1. The van der Waals surface area contributed by atoms with Gasteiger partial charge in [0.2, 0.25) is 0 Å². The monoisotopic (exact) mass is 679 g/mol. The number of hydrogen-bond donors (Lipinski definition) is 0. The molecule has 0 aromatic heterocycles. The first-order valence-corrected chi connectivity index (χ1v) is 17.4. The molecule has 0 radical (unpaired) electrons. The van der Waals surface area contributed by atoms with Crippen molar-refractivity contribution in [3.63, 3.8) is 0 Å². The van der Waals surface area contributed by atoms with Gasteiger partial charge in [-0.15, -0.1) is 13.2 Å². The molecule has 47 heavy (non-hydrogen) atoms. The number of nitrogens with zero attached hydrogens (tertiary/aromatic N) is 3. The van der Waals surface area contributed by atoms with Crippen molar-refractivity contribution in [1.82, 2.24) is 14.7 Å². The third-order valence-corrected chi connectivity index (χ3v) is 9.85. The fraction of sp³-hybridized carbons (Fsp3) is 0.649. The molecular weight excluding hydrogens is 627 g/mol. The lowest BCUT2D eigenvalue weighted by Gasteiger charge is -2.42. The average Bonchev–Trinajstić information content (AvgIpc) is 2.97. The lowest BCUT2D eigenvalue weighted by atomic mass is 9.77. The summed E-state index contributed by atoms with van der Waals surface area (Å²) in [6.07, 6.45) is -2.95. The second-order valence-corrected chi connectivity index (χ2v) is 15.0. The van der Waals surface area contributed by atoms with Crippen LogP contribution >= 0.6 is 11.6 Å². The van der Waals surface area contributed by atoms with Gasteiger partial charge in [-0.3, -0.25) is 19.4 Å². The quantitative estimate of drug-likeness (QED) is 0.222. The van der Waals surface area contributed by atoms with Crippen molar-refractivity contribution in [2.45, 2.75) is 116 Å². The first kappa shape index (κ1) is 37.6. The molecule has 2 aromatic rings. The van der Waals surface area contributed by atoms with E-state index in [1.807, 2.05) is 71.1 Å². The molecule has 2 aromatic carbocycles. The summed E-state index contributed by atoms with van der Waals surface area (Å²) in [6, 6.07) is 14.0. The molecule has 6 nitrogen and oxygen atoms in total. The van der Waals surface area contributed by atoms with Crippen LogP contribution in [0.4, 0.5) is 13.2 Å². The van der Waals surface area contributed by atoms with Gasteiger partial charge in [-0.05, 0) is 121 Å². The highest BCUT2D eigenvalue weighted by atomic mass is 35.5. The predicted octanol–water partition coefficient (Wildman–Crippen LogP) is 8.68. The summed E-state index contributed by atoms with van der Waals surface area (Å²) in [5.74, 6) is -0.306. The second-order valence-electron chi connectivity index (χ2n) is 14.6. The number of carbonyl (C=O) groups excluding carboxylic acids is 1. The average molecular weight is 680 g/mol. The summed E-state index contributed by atoms with van der Waals surface area (Å²) >= 11 is 6.47. The lowest BCUT2D eigenvalue weighted by Crippen LogP contribution is -2.50. The summed E-state index contributed by atoms with van der Waals surface area (Å²) in [5.41, 5.74) is 3.41. The van der Waals surface area contributed by atoms with Gasteiger partial charge < -0.3 is 4.74 Å². The Morgan fingerprint density at radius 3 is 2.17 bits per heavy atom. The molecular formula is C37H53ClF3N3O3. The molecule has 2 aliphatic rings. The van der Waals surface area contributed by atoms with E-state index in [9.17, 15) is 18.0 Å². The van der Waals surface area contributed by atoms with E-state index in [2.05, 4.69) is 39.4 Å². The first-order chi connectivity index (χ1) is 22.0. The van der Waals surface area contributed by atoms with E-state index in [0.29, 0.717) is 43.3 Å². The number of rotatable bonds is 11. The van der Waals surface area contributed by atoms with Crippen molar-refractivity contribution in [1.29, 1.82) is 0 Å². The number of hydrogen-bond acceptors (Lipinski definition) is 6. The van der Waals surface area contributed by atoms with E-state index < -0.39 is 24.1 Å². The van der Waals surface area contributed by atoms with Gasteiger partial charge in [0.05, 0.1) is 6.10 Å². The Morgan fingerprint density at radius 2 is 1.60 bits per heavy atom. The third-order valence-electron chi connectivity index (χ3n) is 9.61. The number of ether oxygens (including phenoxy) is 2. The molecule has 1 aliphatic heterocycles. The number of alkyl halides is 3.